The maximum Gasteiger partial charge on any atom is 0.420 e. The second kappa shape index (κ2) is 11.7. The number of nitrogens with zero attached hydrogens (tertiary/aromatic N) is 1. The van der Waals surface area contributed by atoms with Crippen molar-refractivity contribution >= 4 is 53.1 Å². The largest absolute Gasteiger partial charge is 0.462 e. The summed E-state index contributed by atoms with van der Waals surface area (Å²) < 4.78 is 57.7. The summed E-state index contributed by atoms with van der Waals surface area (Å²) in [7, 11) is 0. The minimum absolute atomic E-state index is 0.0169. The first-order valence-corrected chi connectivity index (χ1v) is 15.1. The molecule has 1 saturated heterocycles. The lowest BCUT2D eigenvalue weighted by molar-refractivity contribution is -0.183. The summed E-state index contributed by atoms with van der Waals surface area (Å²) in [6, 6.07) is 7.64. The van der Waals surface area contributed by atoms with E-state index in [9.17, 15) is 27.6 Å². The SMILES string of the molecule is CC(C)(C)OC(=O)N(C(=O)OC(C)(C)C)C1CCc2cc(C3SC(c4cc(Cl)cc(Cl)c4)(C(F)(F)F)COC3=O)ccc21. The van der Waals surface area contributed by atoms with Crippen molar-refractivity contribution in [2.45, 2.75) is 87.8 Å². The van der Waals surface area contributed by atoms with E-state index in [4.69, 9.17) is 37.4 Å². The molecule has 1 fully saturated rings. The monoisotopic (exact) mass is 661 g/mol. The normalized spacial score (nSPS) is 22.4. The average Bonchev–Trinajstić information content (AvgIpc) is 3.23. The quantitative estimate of drug-likeness (QED) is 0.240. The minimum atomic E-state index is -4.83. The van der Waals surface area contributed by atoms with Gasteiger partial charge in [-0.2, -0.15) is 13.2 Å². The fourth-order valence-corrected chi connectivity index (χ4v) is 6.87. The lowest BCUT2D eigenvalue weighted by atomic mass is 9.97. The number of benzene rings is 2. The van der Waals surface area contributed by atoms with Crippen LogP contribution in [-0.4, -0.2) is 47.0 Å². The smallest absolute Gasteiger partial charge is 0.420 e. The molecule has 0 N–H and O–H groups in total. The zero-order valence-corrected chi connectivity index (χ0v) is 26.8. The molecule has 0 radical (unpaired) electrons. The molecule has 1 aliphatic carbocycles. The summed E-state index contributed by atoms with van der Waals surface area (Å²) in [5, 5.41) is -1.29. The number of imide groups is 1. The van der Waals surface area contributed by atoms with Crippen LogP contribution in [0.2, 0.25) is 10.0 Å². The number of rotatable bonds is 3. The van der Waals surface area contributed by atoms with Crippen LogP contribution in [0.25, 0.3) is 0 Å². The van der Waals surface area contributed by atoms with Crippen molar-refractivity contribution in [2.75, 3.05) is 6.61 Å². The highest BCUT2D eigenvalue weighted by molar-refractivity contribution is 8.01. The third-order valence-corrected chi connectivity index (χ3v) is 8.87. The van der Waals surface area contributed by atoms with Gasteiger partial charge in [-0.1, -0.05) is 41.4 Å². The van der Waals surface area contributed by atoms with E-state index in [1.807, 2.05) is 0 Å². The van der Waals surface area contributed by atoms with E-state index in [0.717, 1.165) is 4.90 Å². The molecule has 0 spiro atoms. The second-order valence-electron chi connectivity index (χ2n) is 12.4. The summed E-state index contributed by atoms with van der Waals surface area (Å²) in [6.07, 6.45) is -5.88. The van der Waals surface area contributed by atoms with Gasteiger partial charge >= 0.3 is 24.3 Å². The van der Waals surface area contributed by atoms with Gasteiger partial charge in [0.05, 0.1) is 6.04 Å². The number of amides is 2. The summed E-state index contributed by atoms with van der Waals surface area (Å²) in [5.41, 5.74) is -0.456. The highest BCUT2D eigenvalue weighted by atomic mass is 35.5. The first kappa shape index (κ1) is 33.3. The number of cyclic esters (lactones) is 1. The molecular weight excluding hydrogens is 630 g/mol. The van der Waals surface area contributed by atoms with Crippen LogP contribution in [0.3, 0.4) is 0 Å². The average molecular weight is 663 g/mol. The van der Waals surface area contributed by atoms with E-state index < -0.39 is 58.2 Å². The van der Waals surface area contributed by atoms with E-state index in [1.54, 1.807) is 53.7 Å². The number of esters is 1. The number of thioether (sulfide) groups is 1. The Morgan fingerprint density at radius 3 is 2.02 bits per heavy atom. The maximum absolute atomic E-state index is 14.7. The summed E-state index contributed by atoms with van der Waals surface area (Å²) in [6.45, 7) is 9.09. The third-order valence-electron chi connectivity index (χ3n) is 6.75. The van der Waals surface area contributed by atoms with E-state index in [0.29, 0.717) is 35.7 Å². The van der Waals surface area contributed by atoms with Crippen molar-refractivity contribution in [2.24, 2.45) is 0 Å². The maximum atomic E-state index is 14.7. The number of carbonyl (C=O) groups is 3. The molecule has 7 nitrogen and oxygen atoms in total. The van der Waals surface area contributed by atoms with Crippen LogP contribution in [0.15, 0.2) is 36.4 Å². The van der Waals surface area contributed by atoms with Crippen LogP contribution in [0.5, 0.6) is 0 Å². The molecule has 0 aromatic heterocycles. The Morgan fingerprint density at radius 1 is 0.953 bits per heavy atom. The fourth-order valence-electron chi connectivity index (χ4n) is 4.98. The molecule has 0 saturated carbocycles. The lowest BCUT2D eigenvalue weighted by Gasteiger charge is -2.41. The van der Waals surface area contributed by atoms with Gasteiger partial charge in [-0.05, 0) is 94.8 Å². The van der Waals surface area contributed by atoms with Gasteiger partial charge in [-0.25, -0.2) is 14.5 Å². The molecule has 43 heavy (non-hydrogen) atoms. The van der Waals surface area contributed by atoms with Crippen molar-refractivity contribution in [1.82, 2.24) is 4.90 Å². The molecule has 2 aromatic rings. The van der Waals surface area contributed by atoms with Gasteiger partial charge in [0.25, 0.3) is 0 Å². The molecule has 234 valence electrons. The van der Waals surface area contributed by atoms with Gasteiger partial charge < -0.3 is 14.2 Å². The summed E-state index contributed by atoms with van der Waals surface area (Å²) >= 11 is 12.5. The molecule has 0 bridgehead atoms. The molecule has 2 aromatic carbocycles. The van der Waals surface area contributed by atoms with Crippen LogP contribution in [0, 0.1) is 0 Å². The van der Waals surface area contributed by atoms with E-state index >= 15 is 0 Å². The first-order chi connectivity index (χ1) is 19.7. The minimum Gasteiger partial charge on any atom is -0.462 e. The standard InChI is InChI=1S/C30H32Cl2F3NO6S/c1-27(2,3)41-25(38)36(26(39)42-28(4,5)6)22-10-8-16-11-17(7-9-21(16)22)23-24(37)40-15-29(43-23,30(33,34)35)18-12-19(31)14-20(32)13-18/h7,9,11-14,22-23H,8,10,15H2,1-6H3. The molecule has 13 heteroatoms. The molecular formula is C30H32Cl2F3NO6S. The number of carbonyl (C=O) groups excluding carboxylic acids is 3. The Bertz CT molecular complexity index is 1390. The second-order valence-corrected chi connectivity index (χ2v) is 14.7. The molecule has 4 rings (SSSR count). The lowest BCUT2D eigenvalue weighted by Crippen LogP contribution is -2.48. The van der Waals surface area contributed by atoms with Gasteiger partial charge in [0.2, 0.25) is 0 Å². The molecule has 1 aliphatic heterocycles. The van der Waals surface area contributed by atoms with Crippen LogP contribution in [0.4, 0.5) is 22.8 Å². The Morgan fingerprint density at radius 2 is 1.51 bits per heavy atom. The Balaban J connectivity index is 1.70. The van der Waals surface area contributed by atoms with Gasteiger partial charge in [0.1, 0.15) is 23.1 Å². The van der Waals surface area contributed by atoms with Crippen molar-refractivity contribution in [1.29, 1.82) is 0 Å². The number of alkyl halides is 3. The number of fused-ring (bicyclic) bond motifs is 1. The van der Waals surface area contributed by atoms with E-state index in [2.05, 4.69) is 0 Å². The Kier molecular flexibility index (Phi) is 9.06. The number of hydrogen-bond acceptors (Lipinski definition) is 7. The fraction of sp³-hybridized carbons (Fsp3) is 0.500. The molecule has 2 aliphatic rings. The van der Waals surface area contributed by atoms with Gasteiger partial charge in [-0.3, -0.25) is 4.79 Å². The zero-order valence-electron chi connectivity index (χ0n) is 24.4. The molecule has 3 atom stereocenters. The predicted molar refractivity (Wildman–Crippen MR) is 157 cm³/mol. The number of halogens is 5. The Labute approximate surface area is 262 Å². The van der Waals surface area contributed by atoms with E-state index in [1.165, 1.54) is 24.3 Å². The number of aryl methyl sites for hydroxylation is 1. The molecule has 2 amide bonds. The summed E-state index contributed by atoms with van der Waals surface area (Å²) in [5.74, 6) is -0.823. The van der Waals surface area contributed by atoms with Crippen molar-refractivity contribution < 1.29 is 41.8 Å². The molecule has 3 unspecified atom stereocenters. The third kappa shape index (κ3) is 7.20. The van der Waals surface area contributed by atoms with Crippen LogP contribution in [0.1, 0.15) is 81.5 Å². The van der Waals surface area contributed by atoms with Crippen LogP contribution < -0.4 is 0 Å². The highest BCUT2D eigenvalue weighted by Gasteiger charge is 2.62. The zero-order chi connectivity index (χ0) is 32.1. The first-order valence-electron chi connectivity index (χ1n) is 13.5. The van der Waals surface area contributed by atoms with Gasteiger partial charge in [0.15, 0.2) is 4.75 Å². The topological polar surface area (TPSA) is 82.1 Å². The highest BCUT2D eigenvalue weighted by Crippen LogP contribution is 2.58. The van der Waals surface area contributed by atoms with Crippen LogP contribution in [-0.2, 0) is 30.2 Å². The number of hydrogen-bond donors (Lipinski definition) is 0. The predicted octanol–water partition coefficient (Wildman–Crippen LogP) is 8.94. The van der Waals surface area contributed by atoms with Gasteiger partial charge in [-0.15, -0.1) is 11.8 Å². The van der Waals surface area contributed by atoms with Crippen molar-refractivity contribution in [3.8, 4) is 0 Å². The summed E-state index contributed by atoms with van der Waals surface area (Å²) in [4.78, 5) is 40.2. The van der Waals surface area contributed by atoms with Crippen molar-refractivity contribution in [3.05, 3.63) is 68.7 Å². The Hall–Kier alpha value is -2.63. The van der Waals surface area contributed by atoms with Crippen molar-refractivity contribution in [3.63, 3.8) is 0 Å². The number of ether oxygens (including phenoxy) is 3. The molecule has 1 heterocycles. The van der Waals surface area contributed by atoms with Crippen LogP contribution >= 0.6 is 35.0 Å². The van der Waals surface area contributed by atoms with E-state index in [-0.39, 0.29) is 21.2 Å². The van der Waals surface area contributed by atoms with Gasteiger partial charge in [0, 0.05) is 10.0 Å².